The van der Waals surface area contributed by atoms with Gasteiger partial charge in [-0.2, -0.15) is 0 Å². The van der Waals surface area contributed by atoms with Gasteiger partial charge in [-0.3, -0.25) is 14.0 Å². The van der Waals surface area contributed by atoms with Gasteiger partial charge in [0, 0.05) is 32.7 Å². The maximum atomic E-state index is 13.7. The van der Waals surface area contributed by atoms with Crippen molar-refractivity contribution in [1.82, 2.24) is 19.6 Å². The number of anilines is 1. The summed E-state index contributed by atoms with van der Waals surface area (Å²) in [4.78, 5) is 36.9. The van der Waals surface area contributed by atoms with E-state index in [1.54, 1.807) is 4.90 Å². The summed E-state index contributed by atoms with van der Waals surface area (Å²) in [5.41, 5.74) is 1.56. The quantitative estimate of drug-likeness (QED) is 0.492. The summed E-state index contributed by atoms with van der Waals surface area (Å²) in [5.74, 6) is 0.638. The number of rotatable bonds is 2. The molecule has 0 bridgehead atoms. The number of morpholine rings is 1. The van der Waals surface area contributed by atoms with Crippen molar-refractivity contribution in [3.8, 4) is 0 Å². The second kappa shape index (κ2) is 8.40. The van der Waals surface area contributed by atoms with Crippen LogP contribution in [0.15, 0.2) is 41.2 Å². The third-order valence-electron chi connectivity index (χ3n) is 6.45. The Kier molecular flexibility index (Phi) is 5.24. The Balaban J connectivity index is 1.62. The zero-order valence-electron chi connectivity index (χ0n) is 18.2. The number of hydrogen-bond donors (Lipinski definition) is 1. The smallest absolute Gasteiger partial charge is 0.261 e. The molecule has 0 aliphatic carbocycles. The number of hydrogen-bond acceptors (Lipinski definition) is 7. The third-order valence-corrected chi connectivity index (χ3v) is 7.60. The highest BCUT2D eigenvalue weighted by atomic mass is 32.1. The van der Waals surface area contributed by atoms with E-state index in [1.807, 2.05) is 40.8 Å². The van der Waals surface area contributed by atoms with E-state index in [1.165, 1.54) is 11.3 Å². The molecule has 5 heterocycles. The van der Waals surface area contributed by atoms with Crippen LogP contribution < -0.4 is 15.6 Å². The zero-order chi connectivity index (χ0) is 22.4. The van der Waals surface area contributed by atoms with Gasteiger partial charge in [-0.05, 0) is 37.2 Å². The van der Waals surface area contributed by atoms with E-state index in [0.29, 0.717) is 42.2 Å². The second-order valence-corrected chi connectivity index (χ2v) is 9.48. The molecular formula is C24H25N5O3S. The second-order valence-electron chi connectivity index (χ2n) is 8.45. The predicted octanol–water partition coefficient (Wildman–Crippen LogP) is 2.33. The topological polar surface area (TPSA) is 79.2 Å². The minimum absolute atomic E-state index is 0.225. The van der Waals surface area contributed by atoms with Crippen molar-refractivity contribution in [2.24, 2.45) is 0 Å². The predicted molar refractivity (Wildman–Crippen MR) is 131 cm³/mol. The van der Waals surface area contributed by atoms with Gasteiger partial charge in [-0.15, -0.1) is 11.3 Å². The number of nitrogens with one attached hydrogen (secondary N) is 1. The molecule has 0 atom stereocenters. The standard InChI is InChI=1S/C24H25N5O3S/c30-21-16-6-7-19(27-10-3-8-25-9-11-27)26-22(16)29-17-4-1-2-5-18(17)33-24(29)20(21)23(31)28-12-14-32-15-13-28/h1-2,4-7,25H,3,8-15H2. The normalized spacial score (nSPS) is 17.7. The van der Waals surface area contributed by atoms with Gasteiger partial charge < -0.3 is 19.9 Å². The van der Waals surface area contributed by atoms with Crippen LogP contribution in [0.3, 0.4) is 0 Å². The summed E-state index contributed by atoms with van der Waals surface area (Å²) >= 11 is 1.48. The first-order valence-electron chi connectivity index (χ1n) is 11.4. The first kappa shape index (κ1) is 20.6. The minimum Gasteiger partial charge on any atom is -0.378 e. The Bertz CT molecular complexity index is 1410. The Labute approximate surface area is 194 Å². The number of fused-ring (bicyclic) bond motifs is 5. The van der Waals surface area contributed by atoms with Crippen LogP contribution in [0.5, 0.6) is 0 Å². The van der Waals surface area contributed by atoms with Crippen molar-refractivity contribution in [2.75, 3.05) is 57.4 Å². The number of para-hydroxylation sites is 1. The van der Waals surface area contributed by atoms with E-state index in [4.69, 9.17) is 9.72 Å². The molecular weight excluding hydrogens is 438 g/mol. The fraction of sp³-hybridized carbons (Fsp3) is 0.375. The highest BCUT2D eigenvalue weighted by Gasteiger charge is 2.27. The molecule has 3 aromatic heterocycles. The average Bonchev–Trinajstić information content (AvgIpc) is 3.03. The van der Waals surface area contributed by atoms with Crippen molar-refractivity contribution in [3.63, 3.8) is 0 Å². The number of amides is 1. The zero-order valence-corrected chi connectivity index (χ0v) is 19.1. The Hall–Kier alpha value is -3.01. The molecule has 1 aromatic carbocycles. The number of aromatic nitrogens is 2. The van der Waals surface area contributed by atoms with Gasteiger partial charge in [0.05, 0.1) is 28.8 Å². The molecule has 0 unspecified atom stereocenters. The molecule has 8 nitrogen and oxygen atoms in total. The molecule has 2 fully saturated rings. The van der Waals surface area contributed by atoms with Crippen LogP contribution in [0, 0.1) is 0 Å². The molecule has 2 saturated heterocycles. The van der Waals surface area contributed by atoms with E-state index in [9.17, 15) is 9.59 Å². The first-order valence-corrected chi connectivity index (χ1v) is 12.2. The monoisotopic (exact) mass is 463 g/mol. The average molecular weight is 464 g/mol. The van der Waals surface area contributed by atoms with Gasteiger partial charge in [0.1, 0.15) is 16.2 Å². The summed E-state index contributed by atoms with van der Waals surface area (Å²) in [6.45, 7) is 5.66. The van der Waals surface area contributed by atoms with Gasteiger partial charge in [0.25, 0.3) is 5.91 Å². The summed E-state index contributed by atoms with van der Waals surface area (Å²) < 4.78 is 8.43. The molecule has 9 heteroatoms. The maximum absolute atomic E-state index is 13.7. The first-order chi connectivity index (χ1) is 16.2. The lowest BCUT2D eigenvalue weighted by Gasteiger charge is -2.27. The Morgan fingerprint density at radius 2 is 1.88 bits per heavy atom. The summed E-state index contributed by atoms with van der Waals surface area (Å²) in [6.07, 6.45) is 1.05. The number of ether oxygens (including phenoxy) is 1. The van der Waals surface area contributed by atoms with Crippen LogP contribution in [0.4, 0.5) is 5.82 Å². The van der Waals surface area contributed by atoms with Crippen LogP contribution >= 0.6 is 11.3 Å². The molecule has 0 spiro atoms. The van der Waals surface area contributed by atoms with Crippen LogP contribution in [0.1, 0.15) is 16.8 Å². The van der Waals surface area contributed by atoms with Crippen LogP contribution in [-0.2, 0) is 4.74 Å². The van der Waals surface area contributed by atoms with Crippen molar-refractivity contribution < 1.29 is 9.53 Å². The molecule has 170 valence electrons. The molecule has 2 aliphatic heterocycles. The van der Waals surface area contributed by atoms with Crippen molar-refractivity contribution >= 4 is 49.1 Å². The number of carbonyl (C=O) groups excluding carboxylic acids is 1. The number of pyridine rings is 2. The molecule has 33 heavy (non-hydrogen) atoms. The number of thiazole rings is 1. The lowest BCUT2D eigenvalue weighted by molar-refractivity contribution is 0.0303. The number of benzene rings is 1. The van der Waals surface area contributed by atoms with E-state index >= 15 is 0 Å². The van der Waals surface area contributed by atoms with Gasteiger partial charge >= 0.3 is 0 Å². The molecule has 1 N–H and O–H groups in total. The summed E-state index contributed by atoms with van der Waals surface area (Å²) in [6, 6.07) is 11.8. The lowest BCUT2D eigenvalue weighted by Crippen LogP contribution is -2.42. The minimum atomic E-state index is -0.246. The van der Waals surface area contributed by atoms with E-state index in [0.717, 1.165) is 48.6 Å². The van der Waals surface area contributed by atoms with Crippen molar-refractivity contribution in [2.45, 2.75) is 6.42 Å². The van der Waals surface area contributed by atoms with E-state index < -0.39 is 0 Å². The Morgan fingerprint density at radius 1 is 1.03 bits per heavy atom. The van der Waals surface area contributed by atoms with Crippen LogP contribution in [0.2, 0.25) is 0 Å². The molecule has 0 saturated carbocycles. The number of nitrogens with zero attached hydrogens (tertiary/aromatic N) is 4. The SMILES string of the molecule is O=C(c1c(=O)c2ccc(N3CCCNCC3)nc2n2c1sc1ccccc12)N1CCOCC1. The molecule has 1 amide bonds. The van der Waals surface area contributed by atoms with Gasteiger partial charge in [-0.25, -0.2) is 4.98 Å². The highest BCUT2D eigenvalue weighted by Crippen LogP contribution is 2.32. The van der Waals surface area contributed by atoms with E-state index in [2.05, 4.69) is 10.2 Å². The fourth-order valence-electron chi connectivity index (χ4n) is 4.74. The molecule has 0 radical (unpaired) electrons. The van der Waals surface area contributed by atoms with Gasteiger partial charge in [0.2, 0.25) is 5.43 Å². The van der Waals surface area contributed by atoms with Crippen LogP contribution in [0.25, 0.3) is 26.1 Å². The summed E-state index contributed by atoms with van der Waals surface area (Å²) in [7, 11) is 0. The number of carbonyl (C=O) groups is 1. The van der Waals surface area contributed by atoms with E-state index in [-0.39, 0.29) is 16.9 Å². The largest absolute Gasteiger partial charge is 0.378 e. The molecule has 6 rings (SSSR count). The highest BCUT2D eigenvalue weighted by molar-refractivity contribution is 7.24. The third kappa shape index (κ3) is 3.47. The fourth-order valence-corrected chi connectivity index (χ4v) is 5.92. The molecule has 4 aromatic rings. The summed E-state index contributed by atoms with van der Waals surface area (Å²) in [5, 5.41) is 3.90. The lowest BCUT2D eigenvalue weighted by atomic mass is 10.1. The van der Waals surface area contributed by atoms with Crippen LogP contribution in [-0.4, -0.2) is 72.7 Å². The maximum Gasteiger partial charge on any atom is 0.261 e. The van der Waals surface area contributed by atoms with Crippen molar-refractivity contribution in [3.05, 3.63) is 52.2 Å². The van der Waals surface area contributed by atoms with Gasteiger partial charge in [-0.1, -0.05) is 12.1 Å². The molecule has 2 aliphatic rings. The van der Waals surface area contributed by atoms with Gasteiger partial charge in [0.15, 0.2) is 5.65 Å². The Morgan fingerprint density at radius 3 is 2.76 bits per heavy atom. The van der Waals surface area contributed by atoms with Crippen molar-refractivity contribution in [1.29, 1.82) is 0 Å².